The molecule has 0 saturated carbocycles. The van der Waals surface area contributed by atoms with Crippen molar-refractivity contribution in [3.8, 4) is 0 Å². The lowest BCUT2D eigenvalue weighted by atomic mass is 10.4. The van der Waals surface area contributed by atoms with Crippen molar-refractivity contribution in [1.82, 2.24) is 19.7 Å². The summed E-state index contributed by atoms with van der Waals surface area (Å²) in [4.78, 5) is 18.8. The molecule has 0 aliphatic heterocycles. The van der Waals surface area contributed by atoms with Gasteiger partial charge in [-0.25, -0.2) is 9.67 Å². The Bertz CT molecular complexity index is 590. The monoisotopic (exact) mass is 309 g/mol. The van der Waals surface area contributed by atoms with E-state index in [0.717, 1.165) is 5.69 Å². The number of imidazole rings is 1. The molecule has 2 heterocycles. The van der Waals surface area contributed by atoms with Gasteiger partial charge in [-0.2, -0.15) is 5.10 Å². The summed E-state index contributed by atoms with van der Waals surface area (Å²) in [6.45, 7) is 4.51. The topological polar surface area (TPSA) is 75.6 Å². The van der Waals surface area contributed by atoms with Crippen LogP contribution in [-0.4, -0.2) is 19.7 Å². The maximum Gasteiger partial charge on any atom is 0.283 e. The first-order valence-electron chi connectivity index (χ1n) is 5.30. The summed E-state index contributed by atoms with van der Waals surface area (Å²) < 4.78 is 1.79. The van der Waals surface area contributed by atoms with Crippen LogP contribution in [0.15, 0.2) is 40.6 Å². The molecule has 18 heavy (non-hydrogen) atoms. The molecule has 0 aliphatic carbocycles. The summed E-state index contributed by atoms with van der Waals surface area (Å²) in [5, 5.41) is 7.15. The minimum absolute atomic E-state index is 0.190. The molecule has 0 aliphatic rings. The van der Waals surface area contributed by atoms with Crippen LogP contribution in [0.25, 0.3) is 0 Å². The molecule has 0 saturated heterocycles. The van der Waals surface area contributed by atoms with Gasteiger partial charge in [0.15, 0.2) is 0 Å². The number of hydrogen-bond donors (Lipinski definition) is 2. The molecule has 0 radical (unpaired) electrons. The van der Waals surface area contributed by atoms with E-state index in [9.17, 15) is 4.79 Å². The number of H-pyrrole nitrogens is 1. The first-order valence-corrected chi connectivity index (χ1v) is 6.09. The fraction of sp³-hybridized carbons (Fsp3) is 0.182. The highest BCUT2D eigenvalue weighted by Gasteiger charge is 2.07. The fourth-order valence-electron chi connectivity index (χ4n) is 1.41. The van der Waals surface area contributed by atoms with E-state index in [1.54, 1.807) is 24.8 Å². The lowest BCUT2D eigenvalue weighted by Crippen LogP contribution is -2.23. The summed E-state index contributed by atoms with van der Waals surface area (Å²) in [5.41, 5.74) is 1.39. The van der Waals surface area contributed by atoms with Crippen LogP contribution >= 0.6 is 15.9 Å². The van der Waals surface area contributed by atoms with E-state index in [1.165, 1.54) is 4.68 Å². The maximum absolute atomic E-state index is 11.9. The smallest absolute Gasteiger partial charge is 0.283 e. The van der Waals surface area contributed by atoms with Gasteiger partial charge in [0, 0.05) is 6.20 Å². The molecular formula is C11H12BrN5O. The van der Waals surface area contributed by atoms with Gasteiger partial charge in [-0.15, -0.1) is 6.58 Å². The van der Waals surface area contributed by atoms with Gasteiger partial charge in [-0.05, 0) is 15.9 Å². The van der Waals surface area contributed by atoms with Crippen LogP contribution in [0, 0.1) is 0 Å². The van der Waals surface area contributed by atoms with Crippen molar-refractivity contribution in [3.05, 3.63) is 51.9 Å². The molecule has 0 spiro atoms. The van der Waals surface area contributed by atoms with Crippen LogP contribution in [0.1, 0.15) is 5.69 Å². The number of aromatic nitrogens is 4. The molecule has 0 aromatic carbocycles. The molecule has 0 bridgehead atoms. The van der Waals surface area contributed by atoms with Gasteiger partial charge in [0.1, 0.15) is 4.47 Å². The Morgan fingerprint density at radius 2 is 2.39 bits per heavy atom. The second kappa shape index (κ2) is 5.63. The zero-order valence-electron chi connectivity index (χ0n) is 9.56. The first-order chi connectivity index (χ1) is 8.72. The summed E-state index contributed by atoms with van der Waals surface area (Å²) in [7, 11) is 0. The van der Waals surface area contributed by atoms with E-state index in [-0.39, 0.29) is 5.56 Å². The number of allylic oxidation sites excluding steroid dienone is 1. The maximum atomic E-state index is 11.9. The average Bonchev–Trinajstić information content (AvgIpc) is 2.87. The van der Waals surface area contributed by atoms with E-state index < -0.39 is 0 Å². The first kappa shape index (κ1) is 12.6. The highest BCUT2D eigenvalue weighted by Crippen LogP contribution is 2.16. The van der Waals surface area contributed by atoms with E-state index in [0.29, 0.717) is 23.2 Å². The molecule has 2 N–H and O–H groups in total. The number of aromatic amines is 1. The van der Waals surface area contributed by atoms with E-state index >= 15 is 0 Å². The van der Waals surface area contributed by atoms with Gasteiger partial charge in [0.25, 0.3) is 5.56 Å². The molecule has 2 rings (SSSR count). The summed E-state index contributed by atoms with van der Waals surface area (Å²) in [6, 6.07) is 0. The molecule has 0 amide bonds. The second-order valence-electron chi connectivity index (χ2n) is 3.58. The molecular weight excluding hydrogens is 298 g/mol. The van der Waals surface area contributed by atoms with E-state index in [4.69, 9.17) is 0 Å². The molecule has 6 nitrogen and oxygen atoms in total. The number of nitrogens with one attached hydrogen (secondary N) is 2. The molecule has 2 aromatic rings. The van der Waals surface area contributed by atoms with Crippen molar-refractivity contribution in [2.75, 3.05) is 5.32 Å². The Morgan fingerprint density at radius 3 is 3.06 bits per heavy atom. The van der Waals surface area contributed by atoms with E-state index in [2.05, 4.69) is 42.9 Å². The van der Waals surface area contributed by atoms with Crippen LogP contribution in [0.4, 0.5) is 5.69 Å². The van der Waals surface area contributed by atoms with Crippen LogP contribution in [-0.2, 0) is 13.1 Å². The fourth-order valence-corrected chi connectivity index (χ4v) is 1.86. The van der Waals surface area contributed by atoms with Gasteiger partial charge < -0.3 is 10.3 Å². The predicted molar refractivity (Wildman–Crippen MR) is 72.3 cm³/mol. The minimum atomic E-state index is -0.190. The number of nitrogens with zero attached hydrogens (tertiary/aromatic N) is 3. The third-order valence-corrected chi connectivity index (χ3v) is 3.08. The highest BCUT2D eigenvalue weighted by atomic mass is 79.9. The van der Waals surface area contributed by atoms with Crippen LogP contribution < -0.4 is 10.9 Å². The van der Waals surface area contributed by atoms with Crippen molar-refractivity contribution in [3.63, 3.8) is 0 Å². The van der Waals surface area contributed by atoms with Crippen molar-refractivity contribution in [1.29, 1.82) is 0 Å². The van der Waals surface area contributed by atoms with Crippen LogP contribution in [0.5, 0.6) is 0 Å². The Morgan fingerprint density at radius 1 is 1.56 bits per heavy atom. The molecule has 94 valence electrons. The summed E-state index contributed by atoms with van der Waals surface area (Å²) in [6.07, 6.45) is 6.55. The largest absolute Gasteiger partial charge is 0.377 e. The summed E-state index contributed by atoms with van der Waals surface area (Å²) in [5.74, 6) is 0. The van der Waals surface area contributed by atoms with Crippen molar-refractivity contribution in [2.24, 2.45) is 0 Å². The molecule has 0 fully saturated rings. The molecule has 0 unspecified atom stereocenters. The Hall–Kier alpha value is -1.89. The second-order valence-corrected chi connectivity index (χ2v) is 4.37. The lowest BCUT2D eigenvalue weighted by Gasteiger charge is -2.08. The lowest BCUT2D eigenvalue weighted by molar-refractivity contribution is 0.649. The standard InChI is InChI=1S/C11H12BrN5O/c1-2-3-17-11(18)10(12)9(6-16-17)14-5-8-4-13-7-15-8/h2,4,6-7,14H,1,3,5H2,(H,13,15). The van der Waals surface area contributed by atoms with Crippen LogP contribution in [0.2, 0.25) is 0 Å². The van der Waals surface area contributed by atoms with Crippen molar-refractivity contribution < 1.29 is 0 Å². The van der Waals surface area contributed by atoms with Crippen molar-refractivity contribution in [2.45, 2.75) is 13.1 Å². The number of hydrogen-bond acceptors (Lipinski definition) is 4. The normalized spacial score (nSPS) is 10.3. The van der Waals surface area contributed by atoms with Gasteiger partial charge >= 0.3 is 0 Å². The van der Waals surface area contributed by atoms with E-state index in [1.807, 2.05) is 0 Å². The minimum Gasteiger partial charge on any atom is -0.377 e. The number of halogens is 1. The summed E-state index contributed by atoms with van der Waals surface area (Å²) >= 11 is 3.27. The Balaban J connectivity index is 2.16. The molecule has 2 aromatic heterocycles. The molecule has 7 heteroatoms. The van der Waals surface area contributed by atoms with Gasteiger partial charge in [0.05, 0.1) is 37.0 Å². The SMILES string of the molecule is C=CCn1ncc(NCc2cnc[nH]2)c(Br)c1=O. The molecule has 0 atom stereocenters. The van der Waals surface area contributed by atoms with Crippen molar-refractivity contribution >= 4 is 21.6 Å². The van der Waals surface area contributed by atoms with Gasteiger partial charge in [0.2, 0.25) is 0 Å². The quantitative estimate of drug-likeness (QED) is 0.821. The average molecular weight is 310 g/mol. The van der Waals surface area contributed by atoms with Crippen LogP contribution in [0.3, 0.4) is 0 Å². The van der Waals surface area contributed by atoms with Gasteiger partial charge in [-0.1, -0.05) is 6.08 Å². The number of rotatable bonds is 5. The Kier molecular flexibility index (Phi) is 3.93. The van der Waals surface area contributed by atoms with Gasteiger partial charge in [-0.3, -0.25) is 4.79 Å². The zero-order chi connectivity index (χ0) is 13.0. The highest BCUT2D eigenvalue weighted by molar-refractivity contribution is 9.10. The third kappa shape index (κ3) is 2.67. The Labute approximate surface area is 112 Å². The predicted octanol–water partition coefficient (Wildman–Crippen LogP) is 1.53. The number of anilines is 1. The zero-order valence-corrected chi connectivity index (χ0v) is 11.1. The third-order valence-electron chi connectivity index (χ3n) is 2.31.